The highest BCUT2D eigenvalue weighted by Crippen LogP contribution is 2.29. The third-order valence-corrected chi connectivity index (χ3v) is 7.70. The fourth-order valence-electron chi connectivity index (χ4n) is 4.11. The summed E-state index contributed by atoms with van der Waals surface area (Å²) in [7, 11) is -3.52. The molecular weight excluding hydrogens is 372 g/mol. The Balaban J connectivity index is 1.52. The molecule has 2 aromatic rings. The Morgan fingerprint density at radius 2 is 1.75 bits per heavy atom. The first-order valence-electron chi connectivity index (χ1n) is 9.93. The number of nitrogens with one attached hydrogen (secondary N) is 1. The number of sulfonamides is 1. The molecule has 0 atom stereocenters. The number of rotatable bonds is 4. The smallest absolute Gasteiger partial charge is 0.243 e. The lowest BCUT2D eigenvalue weighted by Crippen LogP contribution is -2.36. The van der Waals surface area contributed by atoms with Crippen LogP contribution in [0.4, 0.5) is 5.69 Å². The molecule has 4 rings (SSSR count). The van der Waals surface area contributed by atoms with Gasteiger partial charge < -0.3 is 5.32 Å². The minimum absolute atomic E-state index is 0.0809. The normalized spacial score (nSPS) is 18.0. The molecule has 0 aromatic heterocycles. The lowest BCUT2D eigenvalue weighted by Gasteiger charge is -2.28. The maximum atomic E-state index is 13.0. The van der Waals surface area contributed by atoms with Crippen molar-refractivity contribution in [3.63, 3.8) is 0 Å². The van der Waals surface area contributed by atoms with E-state index in [9.17, 15) is 13.2 Å². The molecule has 28 heavy (non-hydrogen) atoms. The van der Waals surface area contributed by atoms with Gasteiger partial charge in [0.1, 0.15) is 0 Å². The Morgan fingerprint density at radius 1 is 1.04 bits per heavy atom. The molecule has 1 aliphatic carbocycles. The predicted octanol–water partition coefficient (Wildman–Crippen LogP) is 3.87. The van der Waals surface area contributed by atoms with Gasteiger partial charge in [0.25, 0.3) is 0 Å². The largest absolute Gasteiger partial charge is 0.326 e. The molecule has 0 unspecified atom stereocenters. The zero-order valence-electron chi connectivity index (χ0n) is 16.1. The van der Waals surface area contributed by atoms with E-state index < -0.39 is 10.0 Å². The third kappa shape index (κ3) is 3.84. The molecule has 1 amide bonds. The van der Waals surface area contributed by atoms with Gasteiger partial charge in [0.15, 0.2) is 0 Å². The average molecular weight is 399 g/mol. The fourth-order valence-corrected chi connectivity index (χ4v) is 5.52. The highest BCUT2D eigenvalue weighted by atomic mass is 32.2. The van der Waals surface area contributed by atoms with E-state index in [-0.39, 0.29) is 11.8 Å². The van der Waals surface area contributed by atoms with Crippen LogP contribution >= 0.6 is 0 Å². The van der Waals surface area contributed by atoms with E-state index in [0.29, 0.717) is 24.4 Å². The van der Waals surface area contributed by atoms with Crippen LogP contribution in [0.2, 0.25) is 0 Å². The van der Waals surface area contributed by atoms with Gasteiger partial charge in [0.05, 0.1) is 4.90 Å². The number of carbonyl (C=O) groups excluding carboxylic acids is 1. The molecule has 0 spiro atoms. The predicted molar refractivity (Wildman–Crippen MR) is 110 cm³/mol. The van der Waals surface area contributed by atoms with Crippen LogP contribution in [0.5, 0.6) is 0 Å². The van der Waals surface area contributed by atoms with Crippen molar-refractivity contribution in [2.75, 3.05) is 11.9 Å². The second kappa shape index (κ2) is 7.68. The zero-order chi connectivity index (χ0) is 19.7. The summed E-state index contributed by atoms with van der Waals surface area (Å²) in [6, 6.07) is 12.8. The van der Waals surface area contributed by atoms with Crippen molar-refractivity contribution in [3.05, 3.63) is 59.2 Å². The summed E-state index contributed by atoms with van der Waals surface area (Å²) in [5.74, 6) is 0.187. The van der Waals surface area contributed by atoms with Crippen molar-refractivity contribution in [3.8, 4) is 0 Å². The molecule has 0 bridgehead atoms. The summed E-state index contributed by atoms with van der Waals surface area (Å²) < 4.78 is 27.5. The summed E-state index contributed by atoms with van der Waals surface area (Å²) in [6.07, 6.45) is 4.83. The Kier molecular flexibility index (Phi) is 5.25. The topological polar surface area (TPSA) is 66.5 Å². The summed E-state index contributed by atoms with van der Waals surface area (Å²) in [5.41, 5.74) is 3.90. The molecule has 5 nitrogen and oxygen atoms in total. The average Bonchev–Trinajstić information content (AvgIpc) is 3.23. The number of fused-ring (bicyclic) bond motifs is 1. The number of amides is 1. The van der Waals surface area contributed by atoms with Gasteiger partial charge in [0.2, 0.25) is 15.9 Å². The first-order valence-corrected chi connectivity index (χ1v) is 11.4. The summed E-state index contributed by atoms with van der Waals surface area (Å²) in [6.45, 7) is 2.74. The molecule has 1 N–H and O–H groups in total. The van der Waals surface area contributed by atoms with E-state index in [0.717, 1.165) is 48.1 Å². The van der Waals surface area contributed by atoms with E-state index in [1.165, 1.54) is 4.31 Å². The van der Waals surface area contributed by atoms with Crippen molar-refractivity contribution >= 4 is 21.6 Å². The van der Waals surface area contributed by atoms with Crippen molar-refractivity contribution in [2.24, 2.45) is 5.92 Å². The van der Waals surface area contributed by atoms with Crippen molar-refractivity contribution in [1.82, 2.24) is 4.31 Å². The molecule has 1 aliphatic heterocycles. The monoisotopic (exact) mass is 398 g/mol. The molecule has 2 aliphatic rings. The highest BCUT2D eigenvalue weighted by molar-refractivity contribution is 7.89. The number of benzene rings is 2. The Labute approximate surface area is 166 Å². The second-order valence-electron chi connectivity index (χ2n) is 7.86. The van der Waals surface area contributed by atoms with Crippen molar-refractivity contribution < 1.29 is 13.2 Å². The third-order valence-electron chi connectivity index (χ3n) is 5.84. The van der Waals surface area contributed by atoms with Crippen LogP contribution in [-0.2, 0) is 27.8 Å². The lowest BCUT2D eigenvalue weighted by molar-refractivity contribution is -0.119. The zero-order valence-corrected chi connectivity index (χ0v) is 17.0. The van der Waals surface area contributed by atoms with E-state index >= 15 is 0 Å². The molecule has 0 saturated heterocycles. The van der Waals surface area contributed by atoms with Crippen LogP contribution in [0, 0.1) is 12.8 Å². The standard InChI is InChI=1S/C22H26N2O3S/c1-16-6-10-21(11-7-16)28(26,27)24-13-12-17-8-9-20(14-19(17)15-24)23-22(25)18-4-2-3-5-18/h6-11,14,18H,2-5,12-13,15H2,1H3,(H,23,25). The SMILES string of the molecule is Cc1ccc(S(=O)(=O)N2CCc3ccc(NC(=O)C4CCCC4)cc3C2)cc1. The van der Waals surface area contributed by atoms with Crippen molar-refractivity contribution in [2.45, 2.75) is 50.5 Å². The maximum Gasteiger partial charge on any atom is 0.243 e. The minimum Gasteiger partial charge on any atom is -0.326 e. The van der Waals surface area contributed by atoms with Gasteiger partial charge in [-0.25, -0.2) is 8.42 Å². The molecule has 1 saturated carbocycles. The number of aryl methyl sites for hydroxylation is 1. The molecule has 1 fully saturated rings. The molecular formula is C22H26N2O3S. The first kappa shape index (κ1) is 19.2. The molecule has 148 valence electrons. The van der Waals surface area contributed by atoms with Gasteiger partial charge in [0, 0.05) is 24.7 Å². The van der Waals surface area contributed by atoms with Crippen LogP contribution in [-0.4, -0.2) is 25.2 Å². The second-order valence-corrected chi connectivity index (χ2v) is 9.79. The summed E-state index contributed by atoms with van der Waals surface area (Å²) in [5, 5.41) is 3.02. The molecule has 2 aromatic carbocycles. The van der Waals surface area contributed by atoms with E-state index in [2.05, 4.69) is 5.32 Å². The quantitative estimate of drug-likeness (QED) is 0.850. The van der Waals surface area contributed by atoms with Gasteiger partial charge in [-0.1, -0.05) is 36.6 Å². The van der Waals surface area contributed by atoms with E-state index in [4.69, 9.17) is 0 Å². The van der Waals surface area contributed by atoms with Gasteiger partial charge in [-0.05, 0) is 61.6 Å². The Hall–Kier alpha value is -2.18. The van der Waals surface area contributed by atoms with Gasteiger partial charge in [-0.15, -0.1) is 0 Å². The van der Waals surface area contributed by atoms with Crippen LogP contribution in [0.15, 0.2) is 47.4 Å². The highest BCUT2D eigenvalue weighted by Gasteiger charge is 2.29. The number of nitrogens with zero attached hydrogens (tertiary/aromatic N) is 1. The van der Waals surface area contributed by atoms with Crippen molar-refractivity contribution in [1.29, 1.82) is 0 Å². The number of hydrogen-bond acceptors (Lipinski definition) is 3. The molecule has 1 heterocycles. The molecule has 0 radical (unpaired) electrons. The van der Waals surface area contributed by atoms with Crippen LogP contribution < -0.4 is 5.32 Å². The van der Waals surface area contributed by atoms with Crippen LogP contribution in [0.25, 0.3) is 0 Å². The van der Waals surface area contributed by atoms with E-state index in [1.54, 1.807) is 12.1 Å². The lowest BCUT2D eigenvalue weighted by atomic mass is 10.00. The number of anilines is 1. The summed E-state index contributed by atoms with van der Waals surface area (Å²) >= 11 is 0. The number of carbonyl (C=O) groups is 1. The summed E-state index contributed by atoms with van der Waals surface area (Å²) in [4.78, 5) is 12.7. The first-order chi connectivity index (χ1) is 13.4. The van der Waals surface area contributed by atoms with Crippen LogP contribution in [0.1, 0.15) is 42.4 Å². The molecule has 6 heteroatoms. The maximum absolute atomic E-state index is 13.0. The van der Waals surface area contributed by atoms with Gasteiger partial charge >= 0.3 is 0 Å². The Bertz CT molecular complexity index is 977. The fraction of sp³-hybridized carbons (Fsp3) is 0.409. The van der Waals surface area contributed by atoms with Crippen LogP contribution in [0.3, 0.4) is 0 Å². The Morgan fingerprint density at radius 3 is 2.46 bits per heavy atom. The number of hydrogen-bond donors (Lipinski definition) is 1. The van der Waals surface area contributed by atoms with Gasteiger partial charge in [-0.3, -0.25) is 4.79 Å². The van der Waals surface area contributed by atoms with E-state index in [1.807, 2.05) is 37.3 Å². The minimum atomic E-state index is -3.52. The van der Waals surface area contributed by atoms with Gasteiger partial charge in [-0.2, -0.15) is 4.31 Å².